The average molecular weight is 346 g/mol. The van der Waals surface area contributed by atoms with E-state index in [1.807, 2.05) is 24.4 Å². The van der Waals surface area contributed by atoms with Crippen molar-refractivity contribution in [1.82, 2.24) is 10.3 Å². The molecule has 1 amide bonds. The van der Waals surface area contributed by atoms with Crippen molar-refractivity contribution < 1.29 is 9.18 Å². The summed E-state index contributed by atoms with van der Waals surface area (Å²) >= 11 is 3.06. The quantitative estimate of drug-likeness (QED) is 0.753. The second-order valence-electron chi connectivity index (χ2n) is 5.15. The molecule has 0 saturated heterocycles. The third kappa shape index (κ3) is 3.83. The van der Waals surface area contributed by atoms with E-state index in [4.69, 9.17) is 0 Å². The van der Waals surface area contributed by atoms with Crippen molar-refractivity contribution in [1.29, 1.82) is 0 Å². The van der Waals surface area contributed by atoms with Crippen LogP contribution in [0.15, 0.2) is 41.2 Å². The molecule has 0 aliphatic heterocycles. The lowest BCUT2D eigenvalue weighted by Gasteiger charge is -2.07. The van der Waals surface area contributed by atoms with E-state index in [-0.39, 0.29) is 24.7 Å². The molecule has 118 valence electrons. The van der Waals surface area contributed by atoms with Crippen LogP contribution in [0, 0.1) is 12.7 Å². The van der Waals surface area contributed by atoms with Gasteiger partial charge < -0.3 is 5.32 Å². The molecule has 3 aromatic rings. The molecule has 0 spiro atoms. The molecule has 0 unspecified atom stereocenters. The molecule has 1 N–H and O–H groups in total. The average Bonchev–Trinajstić information content (AvgIpc) is 3.19. The third-order valence-corrected chi connectivity index (χ3v) is 5.10. The Labute approximate surface area is 141 Å². The molecule has 0 aliphatic carbocycles. The van der Waals surface area contributed by atoms with Crippen molar-refractivity contribution in [3.8, 4) is 10.6 Å². The minimum Gasteiger partial charge on any atom is -0.352 e. The molecule has 3 nitrogen and oxygen atoms in total. The number of thiophene rings is 1. The molecule has 0 atom stereocenters. The highest BCUT2D eigenvalue weighted by atomic mass is 32.1. The number of nitrogens with one attached hydrogen (secondary N) is 1. The van der Waals surface area contributed by atoms with Gasteiger partial charge >= 0.3 is 0 Å². The SMILES string of the molecule is Cc1ccc(F)c(CNC(=O)Cc2scnc2-c2cccs2)c1. The first-order valence-corrected chi connectivity index (χ1v) is 8.87. The molecule has 0 saturated carbocycles. The Kier molecular flexibility index (Phi) is 4.83. The van der Waals surface area contributed by atoms with Gasteiger partial charge in [-0.2, -0.15) is 0 Å². The lowest BCUT2D eigenvalue weighted by atomic mass is 10.1. The predicted octanol–water partition coefficient (Wildman–Crippen LogP) is 4.18. The van der Waals surface area contributed by atoms with E-state index in [0.29, 0.717) is 5.56 Å². The summed E-state index contributed by atoms with van der Waals surface area (Å²) in [6.45, 7) is 2.09. The highest BCUT2D eigenvalue weighted by molar-refractivity contribution is 7.14. The van der Waals surface area contributed by atoms with Gasteiger partial charge in [-0.05, 0) is 24.4 Å². The van der Waals surface area contributed by atoms with Crippen LogP contribution in [0.25, 0.3) is 10.6 Å². The standard InChI is InChI=1S/C17H15FN2OS2/c1-11-4-5-13(18)12(7-11)9-19-16(21)8-15-17(20-10-23-15)14-3-2-6-22-14/h2-7,10H,8-9H2,1H3,(H,19,21). The summed E-state index contributed by atoms with van der Waals surface area (Å²) in [5, 5.41) is 4.77. The normalized spacial score (nSPS) is 10.7. The Bertz CT molecular complexity index is 812. The number of carbonyl (C=O) groups excluding carboxylic acids is 1. The number of hydrogen-bond donors (Lipinski definition) is 1. The van der Waals surface area contributed by atoms with E-state index in [9.17, 15) is 9.18 Å². The van der Waals surface area contributed by atoms with Crippen molar-refractivity contribution in [3.63, 3.8) is 0 Å². The van der Waals surface area contributed by atoms with Crippen LogP contribution in [0.5, 0.6) is 0 Å². The highest BCUT2D eigenvalue weighted by Crippen LogP contribution is 2.29. The molecular weight excluding hydrogens is 331 g/mol. The van der Waals surface area contributed by atoms with Gasteiger partial charge in [0, 0.05) is 17.0 Å². The topological polar surface area (TPSA) is 42.0 Å². The molecule has 0 radical (unpaired) electrons. The van der Waals surface area contributed by atoms with Crippen molar-refractivity contribution in [2.75, 3.05) is 0 Å². The lowest BCUT2D eigenvalue weighted by Crippen LogP contribution is -2.25. The maximum absolute atomic E-state index is 13.7. The fourth-order valence-electron chi connectivity index (χ4n) is 2.25. The number of benzene rings is 1. The third-order valence-electron chi connectivity index (χ3n) is 3.39. The zero-order valence-electron chi connectivity index (χ0n) is 12.5. The Hall–Kier alpha value is -2.05. The van der Waals surface area contributed by atoms with Crippen LogP contribution >= 0.6 is 22.7 Å². The number of nitrogens with zero attached hydrogens (tertiary/aromatic N) is 1. The van der Waals surface area contributed by atoms with Crippen molar-refractivity contribution in [2.24, 2.45) is 0 Å². The molecule has 0 bridgehead atoms. The van der Waals surface area contributed by atoms with Gasteiger partial charge in [0.25, 0.3) is 0 Å². The van der Waals surface area contributed by atoms with E-state index in [0.717, 1.165) is 21.0 Å². The number of carbonyl (C=O) groups is 1. The monoisotopic (exact) mass is 346 g/mol. The van der Waals surface area contributed by atoms with Crippen molar-refractivity contribution >= 4 is 28.6 Å². The second kappa shape index (κ2) is 7.02. The molecule has 2 heterocycles. The van der Waals surface area contributed by atoms with Gasteiger partial charge in [0.15, 0.2) is 0 Å². The van der Waals surface area contributed by atoms with E-state index in [1.165, 1.54) is 17.4 Å². The summed E-state index contributed by atoms with van der Waals surface area (Å²) in [6.07, 6.45) is 0.255. The van der Waals surface area contributed by atoms with Crippen LogP contribution in [-0.4, -0.2) is 10.9 Å². The smallest absolute Gasteiger partial charge is 0.225 e. The molecule has 6 heteroatoms. The molecule has 3 rings (SSSR count). The van der Waals surface area contributed by atoms with Crippen LogP contribution in [0.2, 0.25) is 0 Å². The zero-order chi connectivity index (χ0) is 16.2. The van der Waals surface area contributed by atoms with E-state index >= 15 is 0 Å². The highest BCUT2D eigenvalue weighted by Gasteiger charge is 2.14. The van der Waals surface area contributed by atoms with Gasteiger partial charge in [-0.15, -0.1) is 22.7 Å². The summed E-state index contributed by atoms with van der Waals surface area (Å²) in [4.78, 5) is 18.5. The van der Waals surface area contributed by atoms with Crippen molar-refractivity contribution in [2.45, 2.75) is 19.9 Å². The predicted molar refractivity (Wildman–Crippen MR) is 92.1 cm³/mol. The summed E-state index contributed by atoms with van der Waals surface area (Å²) in [6, 6.07) is 8.84. The summed E-state index contributed by atoms with van der Waals surface area (Å²) in [7, 11) is 0. The van der Waals surface area contributed by atoms with Crippen LogP contribution < -0.4 is 5.32 Å². The van der Waals surface area contributed by atoms with E-state index < -0.39 is 0 Å². The van der Waals surface area contributed by atoms with Gasteiger partial charge in [0.2, 0.25) is 5.91 Å². The van der Waals surface area contributed by atoms with Gasteiger partial charge in [0.1, 0.15) is 5.82 Å². The number of aromatic nitrogens is 1. The lowest BCUT2D eigenvalue weighted by molar-refractivity contribution is -0.120. The van der Waals surface area contributed by atoms with Gasteiger partial charge in [-0.1, -0.05) is 23.8 Å². The largest absolute Gasteiger partial charge is 0.352 e. The van der Waals surface area contributed by atoms with E-state index in [1.54, 1.807) is 29.0 Å². The van der Waals surface area contributed by atoms with Crippen LogP contribution in [0.1, 0.15) is 16.0 Å². The van der Waals surface area contributed by atoms with Gasteiger partial charge in [0.05, 0.1) is 22.5 Å². The Morgan fingerprint density at radius 1 is 1.30 bits per heavy atom. The first kappa shape index (κ1) is 15.8. The number of rotatable bonds is 5. The summed E-state index contributed by atoms with van der Waals surface area (Å²) < 4.78 is 13.7. The fourth-order valence-corrected chi connectivity index (χ4v) is 3.84. The minimum atomic E-state index is -0.298. The van der Waals surface area contributed by atoms with Crippen LogP contribution in [-0.2, 0) is 17.8 Å². The van der Waals surface area contributed by atoms with Gasteiger partial charge in [-0.3, -0.25) is 4.79 Å². The number of thiazole rings is 1. The molecule has 0 fully saturated rings. The number of amides is 1. The van der Waals surface area contributed by atoms with Gasteiger partial charge in [-0.25, -0.2) is 9.37 Å². The fraction of sp³-hybridized carbons (Fsp3) is 0.176. The molecular formula is C17H15FN2OS2. The first-order chi connectivity index (χ1) is 11.1. The molecule has 2 aromatic heterocycles. The molecule has 1 aromatic carbocycles. The first-order valence-electron chi connectivity index (χ1n) is 7.11. The Balaban J connectivity index is 1.64. The zero-order valence-corrected chi connectivity index (χ0v) is 14.1. The molecule has 23 heavy (non-hydrogen) atoms. The minimum absolute atomic E-state index is 0.132. The Morgan fingerprint density at radius 2 is 2.17 bits per heavy atom. The van der Waals surface area contributed by atoms with Crippen LogP contribution in [0.3, 0.4) is 0 Å². The van der Waals surface area contributed by atoms with Crippen molar-refractivity contribution in [3.05, 3.63) is 63.0 Å². The van der Waals surface area contributed by atoms with E-state index in [2.05, 4.69) is 10.3 Å². The summed E-state index contributed by atoms with van der Waals surface area (Å²) in [5.74, 6) is -0.430. The maximum Gasteiger partial charge on any atom is 0.225 e. The Morgan fingerprint density at radius 3 is 2.96 bits per heavy atom. The molecule has 0 aliphatic rings. The number of hydrogen-bond acceptors (Lipinski definition) is 4. The second-order valence-corrected chi connectivity index (χ2v) is 7.04. The number of halogens is 1. The maximum atomic E-state index is 13.7. The summed E-state index contributed by atoms with van der Waals surface area (Å²) in [5.41, 5.74) is 4.08. The van der Waals surface area contributed by atoms with Crippen LogP contribution in [0.4, 0.5) is 4.39 Å². The number of aryl methyl sites for hydroxylation is 1.